The molecule has 5 rings (SSSR count). The van der Waals surface area contributed by atoms with E-state index in [4.69, 9.17) is 38.3 Å². The van der Waals surface area contributed by atoms with E-state index in [0.717, 1.165) is 108 Å². The van der Waals surface area contributed by atoms with E-state index in [2.05, 4.69) is 88.6 Å². The van der Waals surface area contributed by atoms with Crippen LogP contribution in [0.2, 0.25) is 0 Å². The van der Waals surface area contributed by atoms with Crippen molar-refractivity contribution in [2.45, 2.75) is 292 Å². The molecule has 109 heavy (non-hydrogen) atoms. The fraction of sp³-hybridized carbons (Fsp3) is 0.680. The van der Waals surface area contributed by atoms with Crippen molar-refractivity contribution in [2.24, 2.45) is 0 Å². The third-order valence-corrected chi connectivity index (χ3v) is 21.6. The minimum absolute atomic E-state index is 0.00643. The number of aromatic nitrogens is 8. The van der Waals surface area contributed by atoms with Crippen LogP contribution in [0.25, 0.3) is 22.3 Å². The molecular weight excluding hydrogens is 1450 g/mol. The Labute approximate surface area is 642 Å². The van der Waals surface area contributed by atoms with Crippen LogP contribution in [-0.2, 0) is 100 Å². The number of carboxylic acid groups (broad SMARTS) is 1. The molecule has 610 valence electrons. The zero-order valence-electron chi connectivity index (χ0n) is 66.6. The minimum Gasteiger partial charge on any atom is -0.481 e. The molecule has 0 spiro atoms. The van der Waals surface area contributed by atoms with Crippen molar-refractivity contribution in [2.75, 3.05) is 49.8 Å². The lowest BCUT2D eigenvalue weighted by Gasteiger charge is -2.35. The van der Waals surface area contributed by atoms with E-state index in [-0.39, 0.29) is 95.8 Å². The first-order chi connectivity index (χ1) is 51.6. The fourth-order valence-electron chi connectivity index (χ4n) is 11.0. The predicted octanol–water partition coefficient (Wildman–Crippen LogP) is 12.8. The van der Waals surface area contributed by atoms with Gasteiger partial charge in [0.05, 0.1) is 64.4 Å². The molecule has 0 bridgehead atoms. The lowest BCUT2D eigenvalue weighted by atomic mass is 10.1. The minimum atomic E-state index is -3.87. The Bertz CT molecular complexity index is 3670. The number of ether oxygens (including phenoxy) is 7. The predicted molar refractivity (Wildman–Crippen MR) is 415 cm³/mol. The molecule has 34 heteroatoms. The van der Waals surface area contributed by atoms with Crippen LogP contribution in [0.15, 0.2) is 55.6 Å². The quantitative estimate of drug-likeness (QED) is 0.00822. The second kappa shape index (κ2) is 47.5. The highest BCUT2D eigenvalue weighted by Crippen LogP contribution is 2.44. The molecule has 32 nitrogen and oxygen atoms in total. The van der Waals surface area contributed by atoms with Gasteiger partial charge in [-0.05, 0) is 113 Å². The van der Waals surface area contributed by atoms with Crippen LogP contribution in [0, 0.1) is 0 Å². The number of unbranched alkanes of at least 4 members (excludes halogenated alkanes) is 12. The van der Waals surface area contributed by atoms with Gasteiger partial charge in [-0.15, -0.1) is 0 Å². The molecule has 0 fully saturated rings. The Morgan fingerprint density at radius 1 is 0.440 bits per heavy atom. The van der Waals surface area contributed by atoms with E-state index in [9.17, 15) is 47.5 Å². The third-order valence-electron chi connectivity index (χ3n) is 16.9. The molecule has 0 saturated carbocycles. The molecule has 0 radical (unpaired) electrons. The van der Waals surface area contributed by atoms with Crippen molar-refractivity contribution < 1.29 is 85.8 Å². The summed E-state index contributed by atoms with van der Waals surface area (Å²) in [6.45, 7) is 26.1. The van der Waals surface area contributed by atoms with Gasteiger partial charge in [-0.2, -0.15) is 0 Å². The number of hydrogen-bond donors (Lipinski definition) is 7. The van der Waals surface area contributed by atoms with E-state index in [1.54, 1.807) is 78.4 Å². The first kappa shape index (κ1) is 93.7. The Balaban J connectivity index is 0.000000464. The summed E-state index contributed by atoms with van der Waals surface area (Å²) < 4.78 is 72.3. The smallest absolute Gasteiger partial charge is 0.326 e. The Morgan fingerprint density at radius 3 is 1.11 bits per heavy atom. The molecule has 0 unspecified atom stereocenters. The van der Waals surface area contributed by atoms with Crippen LogP contribution >= 0.6 is 14.9 Å². The second-order valence-electron chi connectivity index (χ2n) is 29.4. The highest BCUT2D eigenvalue weighted by Gasteiger charge is 2.45. The van der Waals surface area contributed by atoms with Gasteiger partial charge in [0, 0.05) is 25.7 Å². The maximum absolute atomic E-state index is 14.7. The molecule has 0 aliphatic carbocycles. The summed E-state index contributed by atoms with van der Waals surface area (Å²) in [5.41, 5.74) is -3.19. The summed E-state index contributed by atoms with van der Waals surface area (Å²) in [7, 11) is -7.73. The summed E-state index contributed by atoms with van der Waals surface area (Å²) in [4.78, 5) is 126. The zero-order valence-corrected chi connectivity index (χ0v) is 68.4. The number of amides is 2. The van der Waals surface area contributed by atoms with Crippen molar-refractivity contribution in [3.8, 4) is 0 Å². The van der Waals surface area contributed by atoms with Gasteiger partial charge in [-0.1, -0.05) is 135 Å². The summed E-state index contributed by atoms with van der Waals surface area (Å²) in [6, 6.07) is 9.35. The van der Waals surface area contributed by atoms with Gasteiger partial charge in [0.25, 0.3) is 0 Å². The van der Waals surface area contributed by atoms with Crippen molar-refractivity contribution >= 4 is 96.5 Å². The Hall–Kier alpha value is -7.70. The number of esters is 5. The van der Waals surface area contributed by atoms with E-state index in [1.807, 2.05) is 30.3 Å². The number of anilines is 2. The normalized spacial score (nSPS) is 12.7. The van der Waals surface area contributed by atoms with E-state index >= 15 is 0 Å². The second-order valence-corrected chi connectivity index (χ2v) is 33.7. The van der Waals surface area contributed by atoms with Gasteiger partial charge in [0.15, 0.2) is 34.0 Å². The van der Waals surface area contributed by atoms with E-state index in [1.165, 1.54) is 25.3 Å². The summed E-state index contributed by atoms with van der Waals surface area (Å²) in [5.74, 6) is -4.04. The van der Waals surface area contributed by atoms with Gasteiger partial charge in [0.2, 0.25) is 26.7 Å². The van der Waals surface area contributed by atoms with Crippen LogP contribution < -0.4 is 31.0 Å². The van der Waals surface area contributed by atoms with Gasteiger partial charge in [-0.25, -0.2) is 50.3 Å². The van der Waals surface area contributed by atoms with Crippen molar-refractivity contribution in [1.29, 1.82) is 0 Å². The molecule has 2 atom stereocenters. The highest BCUT2D eigenvalue weighted by molar-refractivity contribution is 7.60. The Morgan fingerprint density at radius 2 is 0.780 bits per heavy atom. The third kappa shape index (κ3) is 34.6. The molecule has 7 N–H and O–H groups in total. The van der Waals surface area contributed by atoms with Gasteiger partial charge in [-0.3, -0.25) is 47.5 Å². The standard InChI is InChI=1S/C41H64N7O9P.C34H58N7O9P/c1-8-10-12-17-24-54-38(51)40(4,5)46-58(53,47-41(6,7)39(52)55-25-18-13-11-9-2)30-57-31(3)26-48-29-44-35-36(42-28-43-37(35)48)45-33(49)22-19-23-34(50)56-27-32-20-15-14-16-21-32;1-8-10-12-14-19-48-31(45)33(4,5)39-51(47,40-34(6,7)32(46)49-20-15-13-11-9-2)24-50-25(3)21-41-23-37-28-29(35-22-36-30(28)41)38-26(42)17-16-18-27(43)44/h14-16,20-21,28-29,31H,8-13,17-19,22-27,30H2,1-7H3,(H2,46,47,53)(H,42,43,45,49);22-23,25H,8-21,24H2,1-7H3,(H,43,44)(H2,39,40,47)(H,35,36,38,42)/t31-;25-/m11/s1. The van der Waals surface area contributed by atoms with E-state index < -0.39 is 104 Å². The molecule has 0 saturated heterocycles. The monoisotopic (exact) mass is 1570 g/mol. The number of imidazole rings is 2. The topological polar surface area (TPSA) is 415 Å². The molecule has 5 aromatic rings. The van der Waals surface area contributed by atoms with Crippen LogP contribution in [0.4, 0.5) is 11.6 Å². The van der Waals surface area contributed by atoms with Crippen LogP contribution in [0.1, 0.15) is 244 Å². The van der Waals surface area contributed by atoms with Gasteiger partial charge >= 0.3 is 35.8 Å². The SMILES string of the molecule is CCCCCCOC(=O)C(C)(C)NP(=O)(CO[C@H](C)Cn1cnc2c(NC(=O)CCCC(=O)O)ncnc21)NC(C)(C)C(=O)OCCCCCC.CCCCCCOC(=O)C(C)(C)NP(=O)(CO[C@H](C)Cn1cnc2c(NC(=O)CCCC(=O)OCc3ccccc3)ncnc21)NC(C)(C)C(=O)OCCCCCC. The maximum atomic E-state index is 14.7. The molecule has 1 aromatic carbocycles. The fourth-order valence-corrected chi connectivity index (χ4v) is 16.3. The van der Waals surface area contributed by atoms with Crippen molar-refractivity contribution in [3.63, 3.8) is 0 Å². The summed E-state index contributed by atoms with van der Waals surface area (Å²) in [5, 5.41) is 26.0. The maximum Gasteiger partial charge on any atom is 0.326 e. The Kier molecular flexibility index (Phi) is 40.8. The van der Waals surface area contributed by atoms with Gasteiger partial charge in [0.1, 0.15) is 54.1 Å². The number of nitrogens with zero attached hydrogens (tertiary/aromatic N) is 8. The molecule has 0 aliphatic heterocycles. The summed E-state index contributed by atoms with van der Waals surface area (Å²) in [6.07, 6.45) is 19.2. The number of nitrogens with one attached hydrogen (secondary N) is 6. The highest BCUT2D eigenvalue weighted by atomic mass is 31.2. The number of fused-ring (bicyclic) bond motifs is 2. The number of carbonyl (C=O) groups is 8. The lowest BCUT2D eigenvalue weighted by molar-refractivity contribution is -0.150. The first-order valence-electron chi connectivity index (χ1n) is 38.2. The lowest BCUT2D eigenvalue weighted by Crippen LogP contribution is -2.54. The number of aliphatic carboxylic acids is 1. The summed E-state index contributed by atoms with van der Waals surface area (Å²) >= 11 is 0. The average Bonchev–Trinajstić information content (AvgIpc) is 1.80. The average molecular weight is 1570 g/mol. The first-order valence-corrected chi connectivity index (χ1v) is 42.0. The van der Waals surface area contributed by atoms with E-state index in [0.29, 0.717) is 28.7 Å². The van der Waals surface area contributed by atoms with Crippen LogP contribution in [-0.4, -0.2) is 165 Å². The number of benzene rings is 1. The number of carboxylic acids is 1. The molecule has 0 aliphatic rings. The molecule has 4 heterocycles. The number of carbonyl (C=O) groups excluding carboxylic acids is 7. The molecule has 2 amide bonds. The van der Waals surface area contributed by atoms with Crippen molar-refractivity contribution in [3.05, 3.63) is 61.2 Å². The van der Waals surface area contributed by atoms with Crippen LogP contribution in [0.3, 0.4) is 0 Å². The molecular formula is C75H122N14O18P2. The van der Waals surface area contributed by atoms with Gasteiger partial charge < -0.3 is 58.0 Å². The number of hydrogen-bond acceptors (Lipinski definition) is 23. The van der Waals surface area contributed by atoms with Crippen LogP contribution in [0.5, 0.6) is 0 Å². The largest absolute Gasteiger partial charge is 0.481 e. The molecule has 4 aromatic heterocycles. The number of rotatable bonds is 54. The zero-order chi connectivity index (χ0) is 80.7. The van der Waals surface area contributed by atoms with Crippen molar-refractivity contribution in [1.82, 2.24) is 59.4 Å².